The van der Waals surface area contributed by atoms with E-state index in [-0.39, 0.29) is 0 Å². The fourth-order valence-electron chi connectivity index (χ4n) is 0.808. The Morgan fingerprint density at radius 2 is 2.00 bits per heavy atom. The minimum Gasteiger partial charge on any atom is -0.390 e. The van der Waals surface area contributed by atoms with E-state index in [1.54, 1.807) is 0 Å². The van der Waals surface area contributed by atoms with Gasteiger partial charge in [0.15, 0.2) is 0 Å². The van der Waals surface area contributed by atoms with Crippen molar-refractivity contribution in [2.24, 2.45) is 0 Å². The molecule has 0 aromatic rings. The topological polar surface area (TPSA) is 20.2 Å². The SMILES string of the molecule is C=[C]CCCCC(C)(C)O. The summed E-state index contributed by atoms with van der Waals surface area (Å²) in [4.78, 5) is 0. The Hall–Kier alpha value is -0.300. The van der Waals surface area contributed by atoms with Gasteiger partial charge in [0.05, 0.1) is 5.60 Å². The molecule has 0 bridgehead atoms. The highest BCUT2D eigenvalue weighted by atomic mass is 16.3. The fourth-order valence-corrected chi connectivity index (χ4v) is 0.808. The van der Waals surface area contributed by atoms with Crippen LogP contribution in [-0.4, -0.2) is 10.7 Å². The number of aliphatic hydroxyl groups is 1. The molecule has 1 nitrogen and oxygen atoms in total. The second-order valence-electron chi connectivity index (χ2n) is 3.27. The summed E-state index contributed by atoms with van der Waals surface area (Å²) in [6.07, 6.45) is 6.78. The van der Waals surface area contributed by atoms with Crippen molar-refractivity contribution < 1.29 is 5.11 Å². The van der Waals surface area contributed by atoms with Gasteiger partial charge in [-0.2, -0.15) is 0 Å². The van der Waals surface area contributed by atoms with Crippen LogP contribution in [0, 0.1) is 6.08 Å². The number of unbranched alkanes of at least 4 members (excludes halogenated alkanes) is 2. The molecule has 10 heavy (non-hydrogen) atoms. The predicted molar refractivity (Wildman–Crippen MR) is 43.6 cm³/mol. The Balaban J connectivity index is 3.12. The molecule has 0 aliphatic carbocycles. The smallest absolute Gasteiger partial charge is 0.0591 e. The minimum absolute atomic E-state index is 0.499. The average Bonchev–Trinajstić information content (AvgIpc) is 1.78. The lowest BCUT2D eigenvalue weighted by Gasteiger charge is -2.15. The standard InChI is InChI=1S/C9H17O/c1-4-5-6-7-8-9(2,3)10/h10H,1,5-8H2,2-3H3. The Kier molecular flexibility index (Phi) is 4.37. The second kappa shape index (κ2) is 4.51. The van der Waals surface area contributed by atoms with Gasteiger partial charge in [0.1, 0.15) is 0 Å². The molecule has 0 heterocycles. The van der Waals surface area contributed by atoms with E-state index in [2.05, 4.69) is 12.7 Å². The van der Waals surface area contributed by atoms with Crippen molar-refractivity contribution in [3.05, 3.63) is 12.7 Å². The van der Waals surface area contributed by atoms with Gasteiger partial charge in [0, 0.05) is 0 Å². The minimum atomic E-state index is -0.499. The van der Waals surface area contributed by atoms with Crippen LogP contribution in [0.5, 0.6) is 0 Å². The molecule has 0 aromatic carbocycles. The highest BCUT2D eigenvalue weighted by Gasteiger charge is 2.10. The van der Waals surface area contributed by atoms with Crippen molar-refractivity contribution in [2.75, 3.05) is 0 Å². The summed E-state index contributed by atoms with van der Waals surface area (Å²) in [7, 11) is 0. The third-order valence-corrected chi connectivity index (χ3v) is 1.39. The summed E-state index contributed by atoms with van der Waals surface area (Å²) < 4.78 is 0. The summed E-state index contributed by atoms with van der Waals surface area (Å²) in [6.45, 7) is 7.18. The van der Waals surface area contributed by atoms with E-state index in [0.717, 1.165) is 25.7 Å². The Morgan fingerprint density at radius 1 is 1.40 bits per heavy atom. The number of rotatable bonds is 5. The third kappa shape index (κ3) is 7.70. The molecule has 0 saturated carbocycles. The molecule has 0 rings (SSSR count). The van der Waals surface area contributed by atoms with Gasteiger partial charge >= 0.3 is 0 Å². The zero-order chi connectivity index (χ0) is 8.04. The van der Waals surface area contributed by atoms with Gasteiger partial charge in [-0.3, -0.25) is 0 Å². The summed E-state index contributed by atoms with van der Waals surface area (Å²) in [5, 5.41) is 9.28. The molecule has 0 saturated heterocycles. The normalized spacial score (nSPS) is 11.5. The van der Waals surface area contributed by atoms with E-state index in [1.165, 1.54) is 0 Å². The maximum absolute atomic E-state index is 9.28. The quantitative estimate of drug-likeness (QED) is 0.582. The molecule has 0 aromatic heterocycles. The van der Waals surface area contributed by atoms with Gasteiger partial charge in [-0.25, -0.2) is 0 Å². The van der Waals surface area contributed by atoms with Crippen LogP contribution in [0.3, 0.4) is 0 Å². The van der Waals surface area contributed by atoms with Crippen LogP contribution in [0.2, 0.25) is 0 Å². The number of hydrogen-bond acceptors (Lipinski definition) is 1. The molecule has 1 heteroatoms. The lowest BCUT2D eigenvalue weighted by atomic mass is 10.0. The lowest BCUT2D eigenvalue weighted by molar-refractivity contribution is 0.0683. The molecule has 59 valence electrons. The van der Waals surface area contributed by atoms with Crippen LogP contribution < -0.4 is 0 Å². The number of hydrogen-bond donors (Lipinski definition) is 1. The highest BCUT2D eigenvalue weighted by Crippen LogP contribution is 2.12. The predicted octanol–water partition coefficient (Wildman–Crippen LogP) is 2.31. The van der Waals surface area contributed by atoms with Crippen molar-refractivity contribution in [3.8, 4) is 0 Å². The first kappa shape index (κ1) is 9.70. The molecule has 0 atom stereocenters. The summed E-state index contributed by atoms with van der Waals surface area (Å²) in [6, 6.07) is 0. The lowest BCUT2D eigenvalue weighted by Crippen LogP contribution is -2.17. The first-order chi connectivity index (χ1) is 4.56. The van der Waals surface area contributed by atoms with Crippen molar-refractivity contribution in [2.45, 2.75) is 45.1 Å². The van der Waals surface area contributed by atoms with Crippen LogP contribution in [0.15, 0.2) is 6.58 Å². The fraction of sp³-hybridized carbons (Fsp3) is 0.778. The summed E-state index contributed by atoms with van der Waals surface area (Å²) in [5.74, 6) is 0. The molecular formula is C9H17O. The molecule has 0 aliphatic heterocycles. The van der Waals surface area contributed by atoms with Gasteiger partial charge in [-0.15, -0.1) is 0 Å². The monoisotopic (exact) mass is 141 g/mol. The number of allylic oxidation sites excluding steroid dienone is 1. The van der Waals surface area contributed by atoms with Gasteiger partial charge in [0.25, 0.3) is 0 Å². The van der Waals surface area contributed by atoms with Crippen molar-refractivity contribution >= 4 is 0 Å². The van der Waals surface area contributed by atoms with Crippen molar-refractivity contribution in [1.82, 2.24) is 0 Å². The van der Waals surface area contributed by atoms with Crippen LogP contribution in [-0.2, 0) is 0 Å². The third-order valence-electron chi connectivity index (χ3n) is 1.39. The highest BCUT2D eigenvalue weighted by molar-refractivity contribution is 4.65. The van der Waals surface area contributed by atoms with Crippen molar-refractivity contribution in [1.29, 1.82) is 0 Å². The molecule has 1 radical (unpaired) electrons. The van der Waals surface area contributed by atoms with E-state index in [1.807, 2.05) is 13.8 Å². The first-order valence-electron chi connectivity index (χ1n) is 3.78. The molecule has 0 aliphatic rings. The maximum Gasteiger partial charge on any atom is 0.0591 e. The zero-order valence-corrected chi connectivity index (χ0v) is 6.98. The Labute approximate surface area is 63.8 Å². The van der Waals surface area contributed by atoms with Gasteiger partial charge in [-0.1, -0.05) is 19.1 Å². The van der Waals surface area contributed by atoms with Crippen LogP contribution in [0.4, 0.5) is 0 Å². The van der Waals surface area contributed by atoms with E-state index in [4.69, 9.17) is 0 Å². The van der Waals surface area contributed by atoms with Crippen LogP contribution in [0.1, 0.15) is 39.5 Å². The summed E-state index contributed by atoms with van der Waals surface area (Å²) >= 11 is 0. The molecular weight excluding hydrogens is 124 g/mol. The second-order valence-corrected chi connectivity index (χ2v) is 3.27. The molecule has 0 amide bonds. The molecule has 0 unspecified atom stereocenters. The molecule has 1 N–H and O–H groups in total. The van der Waals surface area contributed by atoms with Gasteiger partial charge in [-0.05, 0) is 33.1 Å². The Bertz CT molecular complexity index is 89.4. The largest absolute Gasteiger partial charge is 0.390 e. The van der Waals surface area contributed by atoms with Gasteiger partial charge in [0.2, 0.25) is 0 Å². The van der Waals surface area contributed by atoms with Crippen LogP contribution in [0.25, 0.3) is 0 Å². The van der Waals surface area contributed by atoms with E-state index >= 15 is 0 Å². The molecule has 0 fully saturated rings. The zero-order valence-electron chi connectivity index (χ0n) is 6.98. The van der Waals surface area contributed by atoms with Crippen LogP contribution >= 0.6 is 0 Å². The maximum atomic E-state index is 9.28. The van der Waals surface area contributed by atoms with E-state index in [9.17, 15) is 5.11 Å². The van der Waals surface area contributed by atoms with Gasteiger partial charge < -0.3 is 5.11 Å². The van der Waals surface area contributed by atoms with E-state index < -0.39 is 5.60 Å². The first-order valence-corrected chi connectivity index (χ1v) is 3.78. The molecule has 0 spiro atoms. The van der Waals surface area contributed by atoms with E-state index in [0.29, 0.717) is 0 Å². The average molecular weight is 141 g/mol. The summed E-state index contributed by atoms with van der Waals surface area (Å²) in [5.41, 5.74) is -0.499. The Morgan fingerprint density at radius 3 is 2.40 bits per heavy atom. The van der Waals surface area contributed by atoms with Crippen molar-refractivity contribution in [3.63, 3.8) is 0 Å².